The van der Waals surface area contributed by atoms with Crippen LogP contribution in [0.3, 0.4) is 0 Å². The van der Waals surface area contributed by atoms with Crippen molar-refractivity contribution in [3.63, 3.8) is 0 Å². The molecule has 2 aromatic heterocycles. The number of methoxy groups -OCH3 is 1. The molecule has 1 aromatic carbocycles. The second-order valence-corrected chi connectivity index (χ2v) is 10.8. The average molecular weight is 554 g/mol. The van der Waals surface area contributed by atoms with Crippen molar-refractivity contribution in [2.75, 3.05) is 19.0 Å². The number of rotatable bonds is 11. The molecule has 0 bridgehead atoms. The normalized spacial score (nSPS) is 13.8. The summed E-state index contributed by atoms with van der Waals surface area (Å²) >= 11 is 0. The summed E-state index contributed by atoms with van der Waals surface area (Å²) in [5, 5.41) is 17.8. The number of carboxylic acids is 1. The molecule has 4 rings (SSSR count). The highest BCUT2D eigenvalue weighted by Crippen LogP contribution is 2.34. The summed E-state index contributed by atoms with van der Waals surface area (Å²) in [6.07, 6.45) is 2.11. The Hall–Kier alpha value is -3.99. The van der Waals surface area contributed by atoms with Gasteiger partial charge in [0.25, 0.3) is 5.91 Å². The molecule has 3 aromatic rings. The molecule has 40 heavy (non-hydrogen) atoms. The summed E-state index contributed by atoms with van der Waals surface area (Å²) < 4.78 is 27.3. The zero-order chi connectivity index (χ0) is 29.0. The van der Waals surface area contributed by atoms with E-state index in [9.17, 15) is 19.1 Å². The van der Waals surface area contributed by atoms with Crippen LogP contribution in [0.1, 0.15) is 78.1 Å². The van der Waals surface area contributed by atoms with Gasteiger partial charge in [-0.25, -0.2) is 9.37 Å². The number of nitrogens with zero attached hydrogens (tertiary/aromatic N) is 3. The molecule has 1 aliphatic heterocycles. The van der Waals surface area contributed by atoms with Crippen LogP contribution >= 0.6 is 0 Å². The van der Waals surface area contributed by atoms with Crippen LogP contribution in [0.5, 0.6) is 5.75 Å². The maximum Gasteiger partial charge on any atom is 0.304 e. The third-order valence-electron chi connectivity index (χ3n) is 6.79. The number of hydrogen-bond acceptors (Lipinski definition) is 7. The van der Waals surface area contributed by atoms with Gasteiger partial charge in [-0.1, -0.05) is 12.1 Å². The number of carboxylic acid groups (broad SMARTS) is 1. The van der Waals surface area contributed by atoms with E-state index in [1.807, 2.05) is 26.8 Å². The second-order valence-electron chi connectivity index (χ2n) is 10.8. The molecule has 1 atom stereocenters. The molecule has 0 radical (unpaired) electrons. The minimum Gasteiger partial charge on any atom is -0.494 e. The first-order valence-electron chi connectivity index (χ1n) is 13.3. The van der Waals surface area contributed by atoms with Crippen LogP contribution in [0.2, 0.25) is 0 Å². The highest BCUT2D eigenvalue weighted by molar-refractivity contribution is 5.95. The maximum absolute atomic E-state index is 14.7. The van der Waals surface area contributed by atoms with Gasteiger partial charge in [-0.3, -0.25) is 14.3 Å². The number of aliphatic carboxylic acids is 1. The number of nitrogens with one attached hydrogen (secondary N) is 1. The van der Waals surface area contributed by atoms with Gasteiger partial charge in [0.15, 0.2) is 11.6 Å². The molecule has 0 saturated carbocycles. The number of aromatic nitrogens is 3. The topological polar surface area (TPSA) is 142 Å². The molecule has 0 fully saturated rings. The predicted octanol–water partition coefficient (Wildman–Crippen LogP) is 4.05. The van der Waals surface area contributed by atoms with Gasteiger partial charge in [0.05, 0.1) is 42.7 Å². The van der Waals surface area contributed by atoms with E-state index < -0.39 is 35.6 Å². The van der Waals surface area contributed by atoms with E-state index in [0.717, 1.165) is 30.9 Å². The summed E-state index contributed by atoms with van der Waals surface area (Å²) in [7, 11) is 1.34. The zero-order valence-electron chi connectivity index (χ0n) is 23.3. The number of fused-ring (bicyclic) bond motifs is 1. The van der Waals surface area contributed by atoms with Crippen molar-refractivity contribution in [3.8, 4) is 5.75 Å². The lowest BCUT2D eigenvalue weighted by atomic mass is 9.89. The van der Waals surface area contributed by atoms with Gasteiger partial charge in [-0.05, 0) is 62.9 Å². The lowest BCUT2D eigenvalue weighted by Crippen LogP contribution is -2.23. The van der Waals surface area contributed by atoms with Gasteiger partial charge < -0.3 is 25.6 Å². The first-order chi connectivity index (χ1) is 19.0. The Morgan fingerprint density at radius 2 is 2.02 bits per heavy atom. The summed E-state index contributed by atoms with van der Waals surface area (Å²) in [5.41, 5.74) is 8.34. The van der Waals surface area contributed by atoms with E-state index in [1.54, 1.807) is 10.7 Å². The molecule has 10 nitrogen and oxygen atoms in total. The fourth-order valence-corrected chi connectivity index (χ4v) is 4.82. The van der Waals surface area contributed by atoms with Crippen molar-refractivity contribution in [2.24, 2.45) is 5.73 Å². The van der Waals surface area contributed by atoms with Gasteiger partial charge >= 0.3 is 5.97 Å². The summed E-state index contributed by atoms with van der Waals surface area (Å²) in [4.78, 5) is 29.5. The van der Waals surface area contributed by atoms with Crippen LogP contribution in [-0.4, -0.2) is 51.0 Å². The molecule has 3 heterocycles. The first kappa shape index (κ1) is 29.0. The Bertz CT molecular complexity index is 1400. The van der Waals surface area contributed by atoms with Crippen LogP contribution in [0.25, 0.3) is 0 Å². The number of nitrogens with two attached hydrogens (primary N) is 1. The Balaban J connectivity index is 1.77. The van der Waals surface area contributed by atoms with Crippen molar-refractivity contribution in [1.82, 2.24) is 14.8 Å². The molecule has 0 saturated heterocycles. The van der Waals surface area contributed by atoms with E-state index in [0.29, 0.717) is 24.2 Å². The first-order valence-corrected chi connectivity index (χ1v) is 13.3. The lowest BCUT2D eigenvalue weighted by molar-refractivity contribution is -0.137. The number of hydrogen-bond donors (Lipinski definition) is 3. The fourth-order valence-electron chi connectivity index (χ4n) is 4.82. The van der Waals surface area contributed by atoms with E-state index >= 15 is 0 Å². The van der Waals surface area contributed by atoms with E-state index in [4.69, 9.17) is 25.3 Å². The smallest absolute Gasteiger partial charge is 0.304 e. The number of pyridine rings is 1. The van der Waals surface area contributed by atoms with E-state index in [1.165, 1.54) is 24.8 Å². The molecule has 1 aliphatic rings. The predicted molar refractivity (Wildman–Crippen MR) is 147 cm³/mol. The van der Waals surface area contributed by atoms with Gasteiger partial charge in [0, 0.05) is 31.1 Å². The highest BCUT2D eigenvalue weighted by Gasteiger charge is 2.31. The molecular formula is C29H36FN5O5. The average Bonchev–Trinajstić information content (AvgIpc) is 3.27. The SMILES string of the molecule is COc1ccc([C@H](CC(=O)O)c2nn(CCc3ccc4c(n3)NCCC4)c(COC(C)(C)C)c2C(N)=O)cc1F. The second kappa shape index (κ2) is 12.0. The number of anilines is 1. The number of ether oxygens (including phenoxy) is 2. The number of halogens is 1. The Morgan fingerprint density at radius 1 is 1.25 bits per heavy atom. The number of carbonyl (C=O) groups excluding carboxylic acids is 1. The van der Waals surface area contributed by atoms with Crippen LogP contribution in [0, 0.1) is 5.82 Å². The third kappa shape index (κ3) is 6.77. The number of primary amides is 1. The summed E-state index contributed by atoms with van der Waals surface area (Å²) in [6.45, 7) is 6.89. The molecule has 1 amide bonds. The van der Waals surface area contributed by atoms with Crippen molar-refractivity contribution in [2.45, 2.75) is 71.1 Å². The summed E-state index contributed by atoms with van der Waals surface area (Å²) in [6, 6.07) is 8.22. The van der Waals surface area contributed by atoms with Crippen LogP contribution in [0.15, 0.2) is 30.3 Å². The van der Waals surface area contributed by atoms with Gasteiger partial charge in [-0.15, -0.1) is 0 Å². The molecule has 4 N–H and O–H groups in total. The van der Waals surface area contributed by atoms with Gasteiger partial charge in [-0.2, -0.15) is 5.10 Å². The largest absolute Gasteiger partial charge is 0.494 e. The summed E-state index contributed by atoms with van der Waals surface area (Å²) in [5.74, 6) is -2.61. The lowest BCUT2D eigenvalue weighted by Gasteiger charge is -2.20. The Morgan fingerprint density at radius 3 is 2.67 bits per heavy atom. The van der Waals surface area contributed by atoms with E-state index in [-0.39, 0.29) is 23.6 Å². The van der Waals surface area contributed by atoms with Crippen LogP contribution in [-0.2, 0) is 35.5 Å². The van der Waals surface area contributed by atoms with Crippen LogP contribution in [0.4, 0.5) is 10.2 Å². The van der Waals surface area contributed by atoms with Gasteiger partial charge in [0.1, 0.15) is 5.82 Å². The third-order valence-corrected chi connectivity index (χ3v) is 6.79. The van der Waals surface area contributed by atoms with Crippen LogP contribution < -0.4 is 15.8 Å². The monoisotopic (exact) mass is 553 g/mol. The van der Waals surface area contributed by atoms with Gasteiger partial charge in [0.2, 0.25) is 0 Å². The molecule has 0 unspecified atom stereocenters. The molecule has 0 spiro atoms. The fraction of sp³-hybridized carbons (Fsp3) is 0.448. The van der Waals surface area contributed by atoms with Crippen molar-refractivity contribution in [3.05, 3.63) is 69.9 Å². The molecule has 214 valence electrons. The van der Waals surface area contributed by atoms with Crippen molar-refractivity contribution < 1.29 is 28.6 Å². The minimum absolute atomic E-state index is 0.0183. The highest BCUT2D eigenvalue weighted by atomic mass is 19.1. The number of amides is 1. The quantitative estimate of drug-likeness (QED) is 0.323. The number of aryl methyl sites for hydroxylation is 3. The van der Waals surface area contributed by atoms with Crippen molar-refractivity contribution in [1.29, 1.82) is 0 Å². The number of carbonyl (C=O) groups is 2. The standard InChI is InChI=1S/C29H36FN5O5/c1-29(2,3)40-16-22-25(27(31)38)26(20(15-24(36)37)18-8-10-23(39-4)21(30)14-18)34-35(22)13-11-19-9-7-17-6-5-12-32-28(17)33-19/h7-10,14,20H,5-6,11-13,15-16H2,1-4H3,(H2,31,38)(H,32,33)(H,36,37)/t20-/m0/s1. The van der Waals surface area contributed by atoms with Crippen molar-refractivity contribution >= 4 is 17.7 Å². The minimum atomic E-state index is -1.13. The Labute approximate surface area is 232 Å². The Kier molecular flexibility index (Phi) is 8.73. The maximum atomic E-state index is 14.7. The van der Waals surface area contributed by atoms with E-state index in [2.05, 4.69) is 11.4 Å². The molecule has 0 aliphatic carbocycles. The molecule has 11 heteroatoms. The zero-order valence-corrected chi connectivity index (χ0v) is 23.3. The number of benzene rings is 1. The molecular weight excluding hydrogens is 517 g/mol.